The van der Waals surface area contributed by atoms with Gasteiger partial charge in [-0.05, 0) is 130 Å². The van der Waals surface area contributed by atoms with Crippen LogP contribution in [0.2, 0.25) is 0 Å². The molecule has 2 fully saturated rings. The van der Waals surface area contributed by atoms with Crippen molar-refractivity contribution in [1.82, 2.24) is 55.9 Å². The van der Waals surface area contributed by atoms with Crippen molar-refractivity contribution >= 4 is 35.3 Å². The van der Waals surface area contributed by atoms with E-state index in [1.807, 2.05) is 49.0 Å². The van der Waals surface area contributed by atoms with E-state index in [1.165, 1.54) is 13.3 Å². The van der Waals surface area contributed by atoms with Crippen LogP contribution >= 0.6 is 0 Å². The van der Waals surface area contributed by atoms with Crippen molar-refractivity contribution in [3.63, 3.8) is 0 Å². The first-order valence-electron chi connectivity index (χ1n) is 28.4. The average molecular weight is 1130 g/mol. The van der Waals surface area contributed by atoms with Crippen LogP contribution < -0.4 is 30.7 Å². The minimum atomic E-state index is -0.781. The van der Waals surface area contributed by atoms with Gasteiger partial charge in [0.25, 0.3) is 17.7 Å². The normalized spacial score (nSPS) is 14.0. The number of esters is 1. The third-order valence-electron chi connectivity index (χ3n) is 14.5. The third-order valence-corrected chi connectivity index (χ3v) is 14.5. The number of H-pyrrole nitrogens is 1. The minimum absolute atomic E-state index is 0.0205. The highest BCUT2D eigenvalue weighted by Gasteiger charge is 2.48. The monoisotopic (exact) mass is 1130 g/mol. The molecule has 438 valence electrons. The lowest BCUT2D eigenvalue weighted by Gasteiger charge is -2.27. The highest BCUT2D eigenvalue weighted by atomic mass is 16.5. The van der Waals surface area contributed by atoms with E-state index < -0.39 is 24.0 Å². The largest absolute Gasteiger partial charge is 0.484 e. The van der Waals surface area contributed by atoms with Gasteiger partial charge in [-0.3, -0.25) is 33.6 Å². The number of carbonyl (C=O) groups is 5. The summed E-state index contributed by atoms with van der Waals surface area (Å²) in [6.07, 6.45) is 14.0. The van der Waals surface area contributed by atoms with Gasteiger partial charge in [-0.2, -0.15) is 10.2 Å². The molecule has 82 heavy (non-hydrogen) atoms. The second-order valence-electron chi connectivity index (χ2n) is 22.3. The number of nitrogens with zero attached hydrogens (tertiary/aromatic N) is 7. The van der Waals surface area contributed by atoms with Gasteiger partial charge in [0.15, 0.2) is 6.61 Å². The number of benzene rings is 2. The van der Waals surface area contributed by atoms with E-state index in [0.717, 1.165) is 73.9 Å². The lowest BCUT2D eigenvalue weighted by Crippen LogP contribution is -2.50. The molecule has 2 atom stereocenters. The Balaban J connectivity index is 0.659. The van der Waals surface area contributed by atoms with E-state index in [0.29, 0.717) is 79.6 Å². The summed E-state index contributed by atoms with van der Waals surface area (Å²) in [6.45, 7) is 12.8. The first-order valence-corrected chi connectivity index (χ1v) is 28.4. The Kier molecular flexibility index (Phi) is 21.4. The quantitative estimate of drug-likeness (QED) is 0.0193. The zero-order chi connectivity index (χ0) is 58.0. The Morgan fingerprint density at radius 3 is 2.27 bits per heavy atom. The van der Waals surface area contributed by atoms with Crippen LogP contribution in [0, 0.1) is 37.0 Å². The molecular formula is C60H78N12O10. The summed E-state index contributed by atoms with van der Waals surface area (Å²) >= 11 is 0. The fourth-order valence-corrected chi connectivity index (χ4v) is 9.86. The second-order valence-corrected chi connectivity index (χ2v) is 22.3. The number of pyridine rings is 1. The number of nitrogens with one attached hydrogen (secondary N) is 5. The molecule has 2 aliphatic carbocycles. The van der Waals surface area contributed by atoms with E-state index in [2.05, 4.69) is 72.6 Å². The smallest absolute Gasteiger partial charge is 0.328 e. The predicted molar refractivity (Wildman–Crippen MR) is 305 cm³/mol. The van der Waals surface area contributed by atoms with Gasteiger partial charge in [0.05, 0.1) is 51.0 Å². The van der Waals surface area contributed by atoms with Crippen molar-refractivity contribution in [2.24, 2.45) is 23.2 Å². The zero-order valence-corrected chi connectivity index (χ0v) is 47.9. The molecule has 5 N–H and O–H groups in total. The van der Waals surface area contributed by atoms with Crippen molar-refractivity contribution in [2.45, 2.75) is 131 Å². The Hall–Kier alpha value is -7.98. The van der Waals surface area contributed by atoms with Gasteiger partial charge in [0, 0.05) is 61.1 Å². The molecule has 8 rings (SSSR count). The number of aryl methyl sites for hydroxylation is 4. The first-order chi connectivity index (χ1) is 39.6. The number of carbonyl (C=O) groups excluding carboxylic acids is 5. The number of aromatic amines is 1. The molecule has 4 amide bonds. The summed E-state index contributed by atoms with van der Waals surface area (Å²) in [5.74, 6) is 0.278. The van der Waals surface area contributed by atoms with Crippen LogP contribution in [0.3, 0.4) is 0 Å². The molecule has 0 bridgehead atoms. The average Bonchev–Trinajstić information content (AvgIpc) is 4.29. The Morgan fingerprint density at radius 1 is 0.829 bits per heavy atom. The van der Waals surface area contributed by atoms with Crippen molar-refractivity contribution in [1.29, 1.82) is 0 Å². The Bertz CT molecular complexity index is 3020. The van der Waals surface area contributed by atoms with Crippen molar-refractivity contribution in [3.05, 3.63) is 114 Å². The van der Waals surface area contributed by atoms with Gasteiger partial charge in [0.2, 0.25) is 11.8 Å². The van der Waals surface area contributed by atoms with Gasteiger partial charge in [-0.1, -0.05) is 57.0 Å². The second kappa shape index (κ2) is 29.1. The summed E-state index contributed by atoms with van der Waals surface area (Å²) in [6, 6.07) is 17.9. The van der Waals surface area contributed by atoms with Crippen molar-refractivity contribution in [3.8, 4) is 28.5 Å². The summed E-state index contributed by atoms with van der Waals surface area (Å²) in [4.78, 5) is 69.9. The van der Waals surface area contributed by atoms with Gasteiger partial charge in [-0.25, -0.2) is 9.78 Å². The number of unbranched alkanes of at least 4 members (excludes halogenated alkanes) is 3. The molecule has 0 aliphatic heterocycles. The van der Waals surface area contributed by atoms with Crippen LogP contribution in [0.15, 0.2) is 85.3 Å². The molecular weight excluding hydrogens is 1050 g/mol. The molecule has 4 heterocycles. The summed E-state index contributed by atoms with van der Waals surface area (Å²) in [5.41, 5.74) is 6.07. The molecule has 2 saturated carbocycles. The topological polar surface area (TPSA) is 270 Å². The lowest BCUT2D eigenvalue weighted by molar-refractivity contribution is -0.143. The lowest BCUT2D eigenvalue weighted by atomic mass is 9.88. The number of anilines is 1. The maximum Gasteiger partial charge on any atom is 0.328 e. The van der Waals surface area contributed by atoms with Crippen LogP contribution in [0.4, 0.5) is 5.69 Å². The van der Waals surface area contributed by atoms with Crippen LogP contribution in [-0.4, -0.2) is 122 Å². The summed E-state index contributed by atoms with van der Waals surface area (Å²) in [5, 5.41) is 32.1. The minimum Gasteiger partial charge on any atom is -0.484 e. The van der Waals surface area contributed by atoms with Crippen LogP contribution in [0.5, 0.6) is 17.4 Å². The van der Waals surface area contributed by atoms with Gasteiger partial charge in [0.1, 0.15) is 35.0 Å². The number of aromatic nitrogens is 8. The van der Waals surface area contributed by atoms with E-state index >= 15 is 0 Å². The fraction of sp³-hybridized carbons (Fsp3) is 0.500. The molecule has 0 spiro atoms. The molecule has 0 saturated heterocycles. The molecule has 22 nitrogen and oxygen atoms in total. The van der Waals surface area contributed by atoms with Crippen molar-refractivity contribution < 1.29 is 47.7 Å². The maximum absolute atomic E-state index is 14.0. The molecule has 4 aromatic heterocycles. The first kappa shape index (κ1) is 60.1. The maximum atomic E-state index is 14.0. The predicted octanol–water partition coefficient (Wildman–Crippen LogP) is 7.93. The molecule has 0 radical (unpaired) electrons. The molecule has 22 heteroatoms. The van der Waals surface area contributed by atoms with Crippen molar-refractivity contribution in [2.75, 3.05) is 45.4 Å². The Morgan fingerprint density at radius 2 is 1.57 bits per heavy atom. The highest BCUT2D eigenvalue weighted by molar-refractivity contribution is 6.01. The molecule has 6 aromatic rings. The summed E-state index contributed by atoms with van der Waals surface area (Å²) in [7, 11) is 1.29. The van der Waals surface area contributed by atoms with Gasteiger partial charge >= 0.3 is 5.97 Å². The molecule has 2 aliphatic rings. The number of ether oxygens (including phenoxy) is 5. The number of rotatable bonds is 33. The van der Waals surface area contributed by atoms with E-state index in [1.54, 1.807) is 53.3 Å². The number of hydrogen-bond donors (Lipinski definition) is 5. The van der Waals surface area contributed by atoms with Crippen LogP contribution in [0.25, 0.3) is 11.1 Å². The number of methoxy groups -OCH3 is 1. The standard InChI is InChI=1S/C60H78N12O10/c1-39-53(40(2)68-67-39)41-18-21-45(22-19-41)64-58(76)55(54(42-14-15-42)43-16-17-43)66-57(75)50-25-27-63-72(50)30-10-8-7-9-29-71-36-46(69-70-71)37-80-33-32-79-31-28-61-51(73)38-81-47-12-11-13-48(34-47)82-52-23-20-44(35-62-52)56(74)65-49(59(77)78-6)24-26-60(3,4)5/h11-13,18-23,25,27,34-36,42-43,49,54-55H,7-10,14-17,24,26,28-33,37-38H2,1-6H3,(H,61,73)(H,64,76)(H,65,74)(H,66,75)(H,67,68)/t49-,55-/m0/s1. The zero-order valence-electron chi connectivity index (χ0n) is 47.9. The van der Waals surface area contributed by atoms with Crippen LogP contribution in [0.1, 0.15) is 123 Å². The molecule has 2 aromatic carbocycles. The van der Waals surface area contributed by atoms with E-state index in [9.17, 15) is 24.0 Å². The highest BCUT2D eigenvalue weighted by Crippen LogP contribution is 2.51. The van der Waals surface area contributed by atoms with Gasteiger partial charge < -0.3 is 45.0 Å². The van der Waals surface area contributed by atoms with Crippen LogP contribution in [-0.2, 0) is 48.3 Å². The fourth-order valence-electron chi connectivity index (χ4n) is 9.86. The van der Waals surface area contributed by atoms with E-state index in [-0.39, 0.29) is 66.9 Å². The Labute approximate surface area is 478 Å². The third kappa shape index (κ3) is 18.3. The number of hydrogen-bond acceptors (Lipinski definition) is 15. The summed E-state index contributed by atoms with van der Waals surface area (Å²) < 4.78 is 31.3. The van der Waals surface area contributed by atoms with Gasteiger partial charge in [-0.15, -0.1) is 5.10 Å². The SMILES string of the molecule is COC(=O)[C@H](CCC(C)(C)C)NC(=O)c1ccc(Oc2cccc(OCC(=O)NCCOCCOCc3cn(CCCCCCn4nccc4C(=O)N[C@H](C(=O)Nc4ccc(-c5c(C)n[nH]c5C)cc4)C(C4CC4)C4CC4)nn3)c2)nc1. The van der Waals surface area contributed by atoms with E-state index in [4.69, 9.17) is 23.7 Å². The molecule has 0 unspecified atom stereocenters. The number of amides is 4.